The number of aliphatic hydroxyl groups is 2. The van der Waals surface area contributed by atoms with Crippen molar-refractivity contribution in [3.05, 3.63) is 34.9 Å². The summed E-state index contributed by atoms with van der Waals surface area (Å²) in [4.78, 5) is 11.1. The first-order valence-electron chi connectivity index (χ1n) is 7.02. The van der Waals surface area contributed by atoms with E-state index in [0.717, 1.165) is 11.1 Å². The van der Waals surface area contributed by atoms with Crippen molar-refractivity contribution in [1.29, 1.82) is 0 Å². The highest BCUT2D eigenvalue weighted by atomic mass is 16.4. The van der Waals surface area contributed by atoms with Crippen LogP contribution in [0, 0.1) is 13.8 Å². The molecule has 2 atom stereocenters. The second-order valence-corrected chi connectivity index (χ2v) is 6.20. The van der Waals surface area contributed by atoms with Gasteiger partial charge in [0.25, 0.3) is 0 Å². The van der Waals surface area contributed by atoms with Gasteiger partial charge in [0.2, 0.25) is 0 Å². The predicted octanol–water partition coefficient (Wildman–Crippen LogP) is 1.54. The monoisotopic (exact) mass is 295 g/mol. The highest BCUT2D eigenvalue weighted by Crippen LogP contribution is 2.25. The first-order valence-corrected chi connectivity index (χ1v) is 7.02. The standard InChI is InChI=1S/C16H25NO4/c1-10-5-6-11(2)12(7-10)15(21)13(8-14(19)20)17-16(3,4)9-18/h5-7,13,15,17-18,21H,8-9H2,1-4H3,(H,19,20). The highest BCUT2D eigenvalue weighted by Gasteiger charge is 2.30. The molecule has 5 heteroatoms. The van der Waals surface area contributed by atoms with Gasteiger partial charge in [-0.05, 0) is 38.8 Å². The summed E-state index contributed by atoms with van der Waals surface area (Å²) < 4.78 is 0. The maximum atomic E-state index is 11.1. The van der Waals surface area contributed by atoms with Gasteiger partial charge >= 0.3 is 5.97 Å². The zero-order valence-electron chi connectivity index (χ0n) is 13.1. The highest BCUT2D eigenvalue weighted by molar-refractivity contribution is 5.67. The normalized spacial score (nSPS) is 14.8. The summed E-state index contributed by atoms with van der Waals surface area (Å²) in [6.45, 7) is 7.18. The molecule has 21 heavy (non-hydrogen) atoms. The molecule has 0 radical (unpaired) electrons. The van der Waals surface area contributed by atoms with Crippen LogP contribution in [0.1, 0.15) is 43.1 Å². The quantitative estimate of drug-likeness (QED) is 0.613. The minimum absolute atomic E-state index is 0.150. The molecule has 0 aliphatic heterocycles. The predicted molar refractivity (Wildman–Crippen MR) is 81.2 cm³/mol. The summed E-state index contributed by atoms with van der Waals surface area (Å²) in [5.41, 5.74) is 1.96. The van der Waals surface area contributed by atoms with Crippen molar-refractivity contribution >= 4 is 5.97 Å². The molecular formula is C16H25NO4. The van der Waals surface area contributed by atoms with E-state index < -0.39 is 23.7 Å². The van der Waals surface area contributed by atoms with Gasteiger partial charge in [-0.2, -0.15) is 0 Å². The van der Waals surface area contributed by atoms with E-state index in [0.29, 0.717) is 5.56 Å². The molecule has 4 N–H and O–H groups in total. The lowest BCUT2D eigenvalue weighted by Crippen LogP contribution is -2.51. The van der Waals surface area contributed by atoms with Crippen molar-refractivity contribution in [2.75, 3.05) is 6.61 Å². The van der Waals surface area contributed by atoms with Crippen molar-refractivity contribution in [2.45, 2.75) is 51.8 Å². The number of aryl methyl sites for hydroxylation is 2. The van der Waals surface area contributed by atoms with E-state index in [1.54, 1.807) is 13.8 Å². The Bertz CT molecular complexity index is 499. The van der Waals surface area contributed by atoms with Crippen molar-refractivity contribution in [3.63, 3.8) is 0 Å². The lowest BCUT2D eigenvalue weighted by molar-refractivity contribution is -0.138. The third-order valence-corrected chi connectivity index (χ3v) is 3.50. The van der Waals surface area contributed by atoms with Crippen LogP contribution in [0.5, 0.6) is 0 Å². The molecule has 0 aromatic heterocycles. The molecule has 0 bridgehead atoms. The Morgan fingerprint density at radius 2 is 1.95 bits per heavy atom. The van der Waals surface area contributed by atoms with Gasteiger partial charge in [-0.25, -0.2) is 0 Å². The Labute approximate surface area is 125 Å². The van der Waals surface area contributed by atoms with Gasteiger partial charge < -0.3 is 20.6 Å². The SMILES string of the molecule is Cc1ccc(C)c(C(O)C(CC(=O)O)NC(C)(C)CO)c1. The fourth-order valence-electron chi connectivity index (χ4n) is 2.27. The minimum Gasteiger partial charge on any atom is -0.481 e. The van der Waals surface area contributed by atoms with Gasteiger partial charge in [-0.15, -0.1) is 0 Å². The van der Waals surface area contributed by atoms with E-state index in [1.165, 1.54) is 0 Å². The first kappa shape index (κ1) is 17.6. The lowest BCUT2D eigenvalue weighted by atomic mass is 9.92. The maximum absolute atomic E-state index is 11.1. The molecule has 1 aromatic rings. The van der Waals surface area contributed by atoms with Crippen LogP contribution in [0.25, 0.3) is 0 Å². The third kappa shape index (κ3) is 5.12. The van der Waals surface area contributed by atoms with Crippen LogP contribution in [0.3, 0.4) is 0 Å². The van der Waals surface area contributed by atoms with Gasteiger partial charge in [0.15, 0.2) is 0 Å². The average Bonchev–Trinajstić information content (AvgIpc) is 2.39. The van der Waals surface area contributed by atoms with Crippen molar-refractivity contribution in [3.8, 4) is 0 Å². The van der Waals surface area contributed by atoms with Crippen LogP contribution in [0.4, 0.5) is 0 Å². The summed E-state index contributed by atoms with van der Waals surface area (Å²) in [5.74, 6) is -0.995. The molecule has 5 nitrogen and oxygen atoms in total. The summed E-state index contributed by atoms with van der Waals surface area (Å²) in [6, 6.07) is 5.04. The fourth-order valence-corrected chi connectivity index (χ4v) is 2.27. The molecule has 0 fully saturated rings. The lowest BCUT2D eigenvalue weighted by Gasteiger charge is -2.33. The molecule has 1 aromatic carbocycles. The molecule has 1 rings (SSSR count). The van der Waals surface area contributed by atoms with Gasteiger partial charge in [0.1, 0.15) is 0 Å². The molecule has 0 spiro atoms. The van der Waals surface area contributed by atoms with Gasteiger partial charge in [-0.3, -0.25) is 4.79 Å². The third-order valence-electron chi connectivity index (χ3n) is 3.50. The number of aliphatic hydroxyl groups excluding tert-OH is 2. The largest absolute Gasteiger partial charge is 0.481 e. The Morgan fingerprint density at radius 1 is 1.33 bits per heavy atom. The minimum atomic E-state index is -0.995. The molecule has 0 saturated heterocycles. The van der Waals surface area contributed by atoms with Crippen LogP contribution < -0.4 is 5.32 Å². The summed E-state index contributed by atoms with van der Waals surface area (Å²) in [7, 11) is 0. The van der Waals surface area contributed by atoms with Crippen molar-refractivity contribution < 1.29 is 20.1 Å². The zero-order chi connectivity index (χ0) is 16.2. The zero-order valence-corrected chi connectivity index (χ0v) is 13.1. The number of hydrogen-bond donors (Lipinski definition) is 4. The van der Waals surface area contributed by atoms with Crippen LogP contribution in [0.15, 0.2) is 18.2 Å². The van der Waals surface area contributed by atoms with E-state index in [-0.39, 0.29) is 13.0 Å². The number of rotatable bonds is 7. The van der Waals surface area contributed by atoms with E-state index >= 15 is 0 Å². The van der Waals surface area contributed by atoms with Gasteiger partial charge in [-0.1, -0.05) is 23.8 Å². The molecule has 0 aliphatic carbocycles. The Kier molecular flexibility index (Phi) is 5.89. The Hall–Kier alpha value is -1.43. The molecule has 118 valence electrons. The molecular weight excluding hydrogens is 270 g/mol. The molecule has 0 heterocycles. The summed E-state index contributed by atoms with van der Waals surface area (Å²) >= 11 is 0. The van der Waals surface area contributed by atoms with Gasteiger partial charge in [0, 0.05) is 11.6 Å². The van der Waals surface area contributed by atoms with Gasteiger partial charge in [0.05, 0.1) is 19.1 Å². The number of nitrogens with one attached hydrogen (secondary N) is 1. The van der Waals surface area contributed by atoms with Crippen LogP contribution in [-0.2, 0) is 4.79 Å². The maximum Gasteiger partial charge on any atom is 0.305 e. The topological polar surface area (TPSA) is 89.8 Å². The van der Waals surface area contributed by atoms with E-state index in [2.05, 4.69) is 5.32 Å². The molecule has 2 unspecified atom stereocenters. The fraction of sp³-hybridized carbons (Fsp3) is 0.562. The van der Waals surface area contributed by atoms with Crippen LogP contribution in [-0.4, -0.2) is 39.5 Å². The Balaban J connectivity index is 3.06. The average molecular weight is 295 g/mol. The van der Waals surface area contributed by atoms with E-state index in [4.69, 9.17) is 5.11 Å². The first-order chi connectivity index (χ1) is 9.66. The second-order valence-electron chi connectivity index (χ2n) is 6.20. The smallest absolute Gasteiger partial charge is 0.305 e. The van der Waals surface area contributed by atoms with Crippen molar-refractivity contribution in [2.24, 2.45) is 0 Å². The Morgan fingerprint density at radius 3 is 2.48 bits per heavy atom. The number of carboxylic acid groups (broad SMARTS) is 1. The molecule has 0 aliphatic rings. The second kappa shape index (κ2) is 7.02. The van der Waals surface area contributed by atoms with Crippen LogP contribution >= 0.6 is 0 Å². The number of carbonyl (C=O) groups is 1. The number of hydrogen-bond acceptors (Lipinski definition) is 4. The summed E-state index contributed by atoms with van der Waals surface area (Å²) in [5, 5.41) is 32.0. The number of carboxylic acids is 1. The van der Waals surface area contributed by atoms with Crippen LogP contribution in [0.2, 0.25) is 0 Å². The molecule has 0 saturated carbocycles. The van der Waals surface area contributed by atoms with Crippen molar-refractivity contribution in [1.82, 2.24) is 5.32 Å². The summed E-state index contributed by atoms with van der Waals surface area (Å²) in [6.07, 6.45) is -1.18. The van der Waals surface area contributed by atoms with E-state index in [9.17, 15) is 15.0 Å². The van der Waals surface area contributed by atoms with E-state index in [1.807, 2.05) is 32.0 Å². The number of aliphatic carboxylic acids is 1. The number of benzene rings is 1. The molecule has 0 amide bonds.